The maximum absolute atomic E-state index is 11.5. The van der Waals surface area contributed by atoms with Gasteiger partial charge in [0.25, 0.3) is 0 Å². The monoisotopic (exact) mass is 235 g/mol. The molecule has 90 valence electrons. The molecule has 0 fully saturated rings. The number of para-hydroxylation sites is 2. The Kier molecular flexibility index (Phi) is 3.27. The molecule has 0 atom stereocenters. The number of oxazole rings is 1. The second-order valence-corrected chi connectivity index (χ2v) is 3.66. The normalized spacial score (nSPS) is 10.6. The number of ether oxygens (including phenoxy) is 1. The molecular weight excluding hydrogens is 222 g/mol. The number of hydrogen-bond donors (Lipinski definition) is 0. The Bertz CT molecular complexity index is 581. The second kappa shape index (κ2) is 4.86. The van der Waals surface area contributed by atoms with Gasteiger partial charge < -0.3 is 9.15 Å². The summed E-state index contributed by atoms with van der Waals surface area (Å²) in [6.45, 7) is 1.79. The third-order valence-electron chi connectivity index (χ3n) is 2.38. The molecule has 0 N–H and O–H groups in total. The third kappa shape index (κ3) is 2.38. The van der Waals surface area contributed by atoms with Gasteiger partial charge in [-0.2, -0.15) is 0 Å². The van der Waals surface area contributed by atoms with Crippen molar-refractivity contribution in [1.29, 1.82) is 0 Å². The second-order valence-electron chi connectivity index (χ2n) is 3.66. The van der Waals surface area contributed by atoms with Crippen LogP contribution in [0.5, 0.6) is 0 Å². The molecule has 17 heavy (non-hydrogen) atoms. The molecule has 1 aromatic carbocycles. The Morgan fingerprint density at radius 1 is 1.41 bits per heavy atom. The van der Waals surface area contributed by atoms with E-state index in [9.17, 15) is 9.59 Å². The molecule has 0 amide bonds. The maximum Gasteiger partial charge on any atom is 0.422 e. The van der Waals surface area contributed by atoms with Crippen molar-refractivity contribution < 1.29 is 13.9 Å². The fraction of sp³-hybridized carbons (Fsp3) is 0.333. The summed E-state index contributed by atoms with van der Waals surface area (Å²) in [5.41, 5.74) is 1.12. The largest absolute Gasteiger partial charge is 0.444 e. The van der Waals surface area contributed by atoms with Gasteiger partial charge in [-0.15, -0.1) is 0 Å². The molecule has 0 saturated heterocycles. The topological polar surface area (TPSA) is 61.4 Å². The molecule has 1 heterocycles. The van der Waals surface area contributed by atoms with Gasteiger partial charge in [-0.3, -0.25) is 4.79 Å². The molecule has 0 aliphatic heterocycles. The molecule has 0 aliphatic rings. The highest BCUT2D eigenvalue weighted by atomic mass is 16.5. The van der Waals surface area contributed by atoms with Crippen molar-refractivity contribution in [3.63, 3.8) is 0 Å². The van der Waals surface area contributed by atoms with Crippen molar-refractivity contribution in [2.75, 3.05) is 0 Å². The summed E-state index contributed by atoms with van der Waals surface area (Å²) in [6.07, 6.45) is 1.07. The molecule has 0 bridgehead atoms. The molecule has 2 rings (SSSR count). The van der Waals surface area contributed by atoms with Crippen LogP contribution in [0.1, 0.15) is 19.8 Å². The maximum atomic E-state index is 11.5. The van der Waals surface area contributed by atoms with Crippen LogP contribution in [0.15, 0.2) is 33.5 Å². The van der Waals surface area contributed by atoms with Crippen molar-refractivity contribution in [1.82, 2.24) is 4.57 Å². The smallest absolute Gasteiger partial charge is 0.422 e. The van der Waals surface area contributed by atoms with Crippen LogP contribution in [-0.4, -0.2) is 10.5 Å². The Labute approximate surface area is 97.6 Å². The van der Waals surface area contributed by atoms with Crippen molar-refractivity contribution in [2.24, 2.45) is 0 Å². The highest BCUT2D eigenvalue weighted by Gasteiger charge is 2.09. The van der Waals surface area contributed by atoms with E-state index in [0.717, 1.165) is 6.42 Å². The first-order chi connectivity index (χ1) is 8.22. The zero-order chi connectivity index (χ0) is 12.3. The van der Waals surface area contributed by atoms with E-state index >= 15 is 0 Å². The number of hydrogen-bond acceptors (Lipinski definition) is 4. The van der Waals surface area contributed by atoms with Gasteiger partial charge in [0.1, 0.15) is 0 Å². The Balaban J connectivity index is 2.21. The lowest BCUT2D eigenvalue weighted by atomic mass is 10.3. The lowest BCUT2D eigenvalue weighted by Gasteiger charge is -2.03. The lowest BCUT2D eigenvalue weighted by Crippen LogP contribution is -2.18. The minimum Gasteiger partial charge on any atom is -0.444 e. The molecule has 5 nitrogen and oxygen atoms in total. The van der Waals surface area contributed by atoms with Crippen LogP contribution in [0.4, 0.5) is 0 Å². The first-order valence-corrected chi connectivity index (χ1v) is 5.46. The van der Waals surface area contributed by atoms with Gasteiger partial charge in [0, 0.05) is 6.42 Å². The van der Waals surface area contributed by atoms with Gasteiger partial charge in [-0.05, 0) is 18.6 Å². The van der Waals surface area contributed by atoms with E-state index < -0.39 is 5.76 Å². The molecule has 0 spiro atoms. The van der Waals surface area contributed by atoms with E-state index in [0.29, 0.717) is 17.5 Å². The summed E-state index contributed by atoms with van der Waals surface area (Å²) in [6, 6.07) is 7.01. The average molecular weight is 235 g/mol. The van der Waals surface area contributed by atoms with Crippen LogP contribution < -0.4 is 5.76 Å². The third-order valence-corrected chi connectivity index (χ3v) is 2.38. The van der Waals surface area contributed by atoms with Gasteiger partial charge in [0.2, 0.25) is 0 Å². The molecule has 0 saturated carbocycles. The molecule has 0 radical (unpaired) electrons. The average Bonchev–Trinajstić information content (AvgIpc) is 2.62. The van der Waals surface area contributed by atoms with Crippen molar-refractivity contribution in [3.05, 3.63) is 34.8 Å². The van der Waals surface area contributed by atoms with Crippen molar-refractivity contribution >= 4 is 17.1 Å². The minimum absolute atomic E-state index is 0.103. The van der Waals surface area contributed by atoms with Gasteiger partial charge in [-0.25, -0.2) is 9.36 Å². The zero-order valence-corrected chi connectivity index (χ0v) is 9.51. The summed E-state index contributed by atoms with van der Waals surface area (Å²) in [5, 5.41) is 0. The number of nitrogens with zero attached hydrogens (tertiary/aromatic N) is 1. The van der Waals surface area contributed by atoms with Gasteiger partial charge >= 0.3 is 11.7 Å². The molecule has 1 aromatic heterocycles. The van der Waals surface area contributed by atoms with Gasteiger partial charge in [0.15, 0.2) is 12.3 Å². The number of aromatic nitrogens is 1. The first kappa shape index (κ1) is 11.4. The summed E-state index contributed by atoms with van der Waals surface area (Å²) in [5.74, 6) is -0.833. The SMILES string of the molecule is CCCC(=O)OCn1c(=O)oc2ccccc21. The van der Waals surface area contributed by atoms with E-state index in [1.807, 2.05) is 6.92 Å². The van der Waals surface area contributed by atoms with E-state index in [1.54, 1.807) is 24.3 Å². The van der Waals surface area contributed by atoms with Crippen LogP contribution in [0.3, 0.4) is 0 Å². The number of esters is 1. The van der Waals surface area contributed by atoms with Crippen molar-refractivity contribution in [3.8, 4) is 0 Å². The number of carbonyl (C=O) groups excluding carboxylic acids is 1. The summed E-state index contributed by atoms with van der Waals surface area (Å²) >= 11 is 0. The standard InChI is InChI=1S/C12H13NO4/c1-2-5-11(14)16-8-13-9-6-3-4-7-10(9)17-12(13)15/h3-4,6-7H,2,5,8H2,1H3. The van der Waals surface area contributed by atoms with E-state index in [1.165, 1.54) is 4.57 Å². The summed E-state index contributed by atoms with van der Waals surface area (Å²) < 4.78 is 11.3. The van der Waals surface area contributed by atoms with Crippen molar-refractivity contribution in [2.45, 2.75) is 26.5 Å². The van der Waals surface area contributed by atoms with Gasteiger partial charge in [0.05, 0.1) is 5.52 Å². The molecule has 5 heteroatoms. The number of fused-ring (bicyclic) bond motifs is 1. The Hall–Kier alpha value is -2.04. The fourth-order valence-electron chi connectivity index (χ4n) is 1.55. The number of rotatable bonds is 4. The lowest BCUT2D eigenvalue weighted by molar-refractivity contribution is -0.147. The molecule has 2 aromatic rings. The minimum atomic E-state index is -0.518. The predicted molar refractivity (Wildman–Crippen MR) is 61.5 cm³/mol. The highest BCUT2D eigenvalue weighted by Crippen LogP contribution is 2.11. The number of carbonyl (C=O) groups is 1. The van der Waals surface area contributed by atoms with Crippen LogP contribution in [0, 0.1) is 0 Å². The number of benzene rings is 1. The fourth-order valence-corrected chi connectivity index (χ4v) is 1.55. The van der Waals surface area contributed by atoms with Gasteiger partial charge in [-0.1, -0.05) is 19.1 Å². The van der Waals surface area contributed by atoms with Crippen LogP contribution in [0.25, 0.3) is 11.1 Å². The highest BCUT2D eigenvalue weighted by molar-refractivity contribution is 5.73. The van der Waals surface area contributed by atoms with Crippen LogP contribution in [0.2, 0.25) is 0 Å². The Morgan fingerprint density at radius 2 is 2.18 bits per heavy atom. The summed E-state index contributed by atoms with van der Waals surface area (Å²) in [7, 11) is 0. The van der Waals surface area contributed by atoms with Crippen LogP contribution >= 0.6 is 0 Å². The van der Waals surface area contributed by atoms with Crippen LogP contribution in [-0.2, 0) is 16.3 Å². The first-order valence-electron chi connectivity index (χ1n) is 5.46. The zero-order valence-electron chi connectivity index (χ0n) is 9.51. The van der Waals surface area contributed by atoms with E-state index in [2.05, 4.69) is 0 Å². The van der Waals surface area contributed by atoms with E-state index in [-0.39, 0.29) is 12.7 Å². The predicted octanol–water partition coefficient (Wildman–Crippen LogP) is 1.90. The van der Waals surface area contributed by atoms with E-state index in [4.69, 9.17) is 9.15 Å². The molecule has 0 unspecified atom stereocenters. The molecule has 0 aliphatic carbocycles. The summed E-state index contributed by atoms with van der Waals surface area (Å²) in [4.78, 5) is 22.7. The Morgan fingerprint density at radius 3 is 2.94 bits per heavy atom. The molecular formula is C12H13NO4. The quantitative estimate of drug-likeness (QED) is 0.759.